The van der Waals surface area contributed by atoms with Crippen molar-refractivity contribution in [1.29, 1.82) is 0 Å². The maximum absolute atomic E-state index is 11.2. The van der Waals surface area contributed by atoms with Gasteiger partial charge in [-0.05, 0) is 13.8 Å². The van der Waals surface area contributed by atoms with Gasteiger partial charge < -0.3 is 4.57 Å². The average Bonchev–Trinajstić information content (AvgIpc) is 2.37. The number of nitrogens with zero attached hydrogens (tertiary/aromatic N) is 2. The molecule has 0 bridgehead atoms. The van der Waals surface area contributed by atoms with Crippen molar-refractivity contribution in [2.75, 3.05) is 0 Å². The van der Waals surface area contributed by atoms with E-state index in [9.17, 15) is 4.79 Å². The number of terminal acetylenes is 1. The van der Waals surface area contributed by atoms with Gasteiger partial charge in [0, 0.05) is 5.69 Å². The maximum atomic E-state index is 11.2. The Hall–Kier alpha value is -1.56. The molecule has 0 aliphatic rings. The van der Waals surface area contributed by atoms with Gasteiger partial charge in [0.2, 0.25) is 0 Å². The molecule has 0 aromatic carbocycles. The van der Waals surface area contributed by atoms with E-state index in [1.165, 1.54) is 0 Å². The number of hydrogen-bond acceptors (Lipinski definition) is 2. The summed E-state index contributed by atoms with van der Waals surface area (Å²) >= 11 is 0. The van der Waals surface area contributed by atoms with Crippen LogP contribution in [0.5, 0.6) is 0 Å². The summed E-state index contributed by atoms with van der Waals surface area (Å²) in [4.78, 5) is 15.3. The highest BCUT2D eigenvalue weighted by atomic mass is 16.1. The van der Waals surface area contributed by atoms with Crippen LogP contribution in [-0.2, 0) is 11.3 Å². The number of aryl methyl sites for hydroxylation is 1. The molecule has 3 heteroatoms. The summed E-state index contributed by atoms with van der Waals surface area (Å²) in [6.07, 6.45) is 6.89. The van der Waals surface area contributed by atoms with Crippen LogP contribution in [0.4, 0.5) is 0 Å². The van der Waals surface area contributed by atoms with Gasteiger partial charge in [-0.1, -0.05) is 5.92 Å². The Balaban J connectivity index is 2.70. The van der Waals surface area contributed by atoms with Crippen LogP contribution in [0.2, 0.25) is 0 Å². The summed E-state index contributed by atoms with van der Waals surface area (Å²) in [6, 6.07) is 0. The molecule has 13 heavy (non-hydrogen) atoms. The molecule has 68 valence electrons. The minimum absolute atomic E-state index is 0.0444. The third kappa shape index (κ3) is 2.19. The Morgan fingerprint density at radius 3 is 2.85 bits per heavy atom. The predicted molar refractivity (Wildman–Crippen MR) is 50.2 cm³/mol. The molecule has 3 nitrogen and oxygen atoms in total. The van der Waals surface area contributed by atoms with Crippen LogP contribution in [0, 0.1) is 26.2 Å². The number of carbonyl (C=O) groups excluding carboxylic acids is 1. The van der Waals surface area contributed by atoms with Crippen molar-refractivity contribution in [3.8, 4) is 12.3 Å². The number of carbonyl (C=O) groups is 1. The Morgan fingerprint density at radius 1 is 1.69 bits per heavy atom. The number of ketones is 1. The van der Waals surface area contributed by atoms with Gasteiger partial charge in [-0.2, -0.15) is 0 Å². The van der Waals surface area contributed by atoms with Crippen molar-refractivity contribution in [3.63, 3.8) is 0 Å². The van der Waals surface area contributed by atoms with Crippen LogP contribution in [0.3, 0.4) is 0 Å². The first kappa shape index (κ1) is 9.53. The molecular formula is C10H12N2O. The van der Waals surface area contributed by atoms with Gasteiger partial charge in [0.05, 0.1) is 25.0 Å². The molecule has 1 rings (SSSR count). The molecule has 0 unspecified atom stereocenters. The summed E-state index contributed by atoms with van der Waals surface area (Å²) < 4.78 is 1.81. The van der Waals surface area contributed by atoms with Crippen LogP contribution >= 0.6 is 0 Å². The van der Waals surface area contributed by atoms with Gasteiger partial charge in [-0.3, -0.25) is 4.79 Å². The minimum atomic E-state index is 0.0444. The van der Waals surface area contributed by atoms with E-state index in [2.05, 4.69) is 10.9 Å². The summed E-state index contributed by atoms with van der Waals surface area (Å²) in [5, 5.41) is 0. The molecule has 1 heterocycles. The van der Waals surface area contributed by atoms with E-state index in [1.807, 2.05) is 18.4 Å². The summed E-state index contributed by atoms with van der Waals surface area (Å²) in [7, 11) is 0. The molecule has 0 amide bonds. The topological polar surface area (TPSA) is 34.9 Å². The molecule has 0 radical (unpaired) electrons. The molecule has 1 aromatic rings. The zero-order valence-corrected chi connectivity index (χ0v) is 7.87. The molecular weight excluding hydrogens is 164 g/mol. The Morgan fingerprint density at radius 2 is 2.38 bits per heavy atom. The monoisotopic (exact) mass is 176 g/mol. The lowest BCUT2D eigenvalue weighted by Crippen LogP contribution is -2.09. The van der Waals surface area contributed by atoms with E-state index >= 15 is 0 Å². The quantitative estimate of drug-likeness (QED) is 0.646. The van der Waals surface area contributed by atoms with Crippen molar-refractivity contribution >= 4 is 5.78 Å². The first-order valence-corrected chi connectivity index (χ1v) is 4.08. The highest BCUT2D eigenvalue weighted by Crippen LogP contribution is 2.04. The number of rotatable bonds is 3. The highest BCUT2D eigenvalue weighted by molar-refractivity contribution is 5.80. The largest absolute Gasteiger partial charge is 0.327 e. The van der Waals surface area contributed by atoms with Gasteiger partial charge in [0.1, 0.15) is 0 Å². The maximum Gasteiger partial charge on any atom is 0.164 e. The van der Waals surface area contributed by atoms with Crippen molar-refractivity contribution in [3.05, 3.63) is 17.7 Å². The Labute approximate surface area is 77.8 Å². The van der Waals surface area contributed by atoms with E-state index in [4.69, 9.17) is 6.42 Å². The minimum Gasteiger partial charge on any atom is -0.327 e. The van der Waals surface area contributed by atoms with Gasteiger partial charge in [-0.25, -0.2) is 4.98 Å². The second-order valence-corrected chi connectivity index (χ2v) is 2.96. The van der Waals surface area contributed by atoms with Gasteiger partial charge in [0.25, 0.3) is 0 Å². The Kier molecular flexibility index (Phi) is 2.86. The molecule has 0 saturated heterocycles. The lowest BCUT2D eigenvalue weighted by atomic mass is 10.3. The van der Waals surface area contributed by atoms with Crippen LogP contribution in [0.1, 0.15) is 17.8 Å². The average molecular weight is 176 g/mol. The number of imidazole rings is 1. The van der Waals surface area contributed by atoms with Crippen LogP contribution in [-0.4, -0.2) is 15.3 Å². The number of aromatic nitrogens is 2. The van der Waals surface area contributed by atoms with Crippen LogP contribution in [0.15, 0.2) is 6.33 Å². The summed E-state index contributed by atoms with van der Waals surface area (Å²) in [5.74, 6) is 2.38. The van der Waals surface area contributed by atoms with E-state index in [-0.39, 0.29) is 12.2 Å². The molecule has 0 aliphatic carbocycles. The number of hydrogen-bond donors (Lipinski definition) is 0. The van der Waals surface area contributed by atoms with Crippen molar-refractivity contribution in [1.82, 2.24) is 9.55 Å². The lowest BCUT2D eigenvalue weighted by Gasteiger charge is -2.01. The molecule has 0 fully saturated rings. The summed E-state index contributed by atoms with van der Waals surface area (Å²) in [5.41, 5.74) is 1.97. The zero-order valence-electron chi connectivity index (χ0n) is 7.87. The fraction of sp³-hybridized carbons (Fsp3) is 0.400. The second kappa shape index (κ2) is 3.90. The molecule has 0 atom stereocenters. The fourth-order valence-electron chi connectivity index (χ4n) is 1.06. The first-order chi connectivity index (χ1) is 6.15. The van der Waals surface area contributed by atoms with E-state index in [0.29, 0.717) is 6.54 Å². The number of Topliss-reactive ketones (excluding diaryl/α,β-unsaturated/α-hetero) is 1. The normalized spacial score (nSPS) is 9.62. The zero-order chi connectivity index (χ0) is 9.84. The molecule has 0 saturated carbocycles. The summed E-state index contributed by atoms with van der Waals surface area (Å²) in [6.45, 7) is 4.18. The van der Waals surface area contributed by atoms with Crippen molar-refractivity contribution in [2.45, 2.75) is 26.8 Å². The molecule has 0 N–H and O–H groups in total. The third-order valence-corrected chi connectivity index (χ3v) is 1.99. The molecule has 1 aromatic heterocycles. The predicted octanol–water partition coefficient (Wildman–Crippen LogP) is 1.09. The van der Waals surface area contributed by atoms with Crippen LogP contribution in [0.25, 0.3) is 0 Å². The highest BCUT2D eigenvalue weighted by Gasteiger charge is 2.05. The second-order valence-electron chi connectivity index (χ2n) is 2.96. The lowest BCUT2D eigenvalue weighted by molar-refractivity contribution is -0.118. The SMILES string of the molecule is C#CCC(=O)Cn1cnc(C)c1C. The molecule has 0 aliphatic heterocycles. The van der Waals surface area contributed by atoms with E-state index < -0.39 is 0 Å². The van der Waals surface area contributed by atoms with E-state index in [0.717, 1.165) is 11.4 Å². The van der Waals surface area contributed by atoms with Gasteiger partial charge >= 0.3 is 0 Å². The van der Waals surface area contributed by atoms with Crippen LogP contribution < -0.4 is 0 Å². The van der Waals surface area contributed by atoms with Gasteiger partial charge in [0.15, 0.2) is 5.78 Å². The molecule has 0 spiro atoms. The van der Waals surface area contributed by atoms with Gasteiger partial charge in [-0.15, -0.1) is 6.42 Å². The standard InChI is InChI=1S/C10H12N2O/c1-4-5-10(13)6-12-7-11-8(2)9(12)3/h1,7H,5-6H2,2-3H3. The Bertz CT molecular complexity index is 357. The first-order valence-electron chi connectivity index (χ1n) is 4.08. The smallest absolute Gasteiger partial charge is 0.164 e. The van der Waals surface area contributed by atoms with E-state index in [1.54, 1.807) is 6.33 Å². The van der Waals surface area contributed by atoms with Crippen molar-refractivity contribution < 1.29 is 4.79 Å². The third-order valence-electron chi connectivity index (χ3n) is 1.99. The fourth-order valence-corrected chi connectivity index (χ4v) is 1.06. The van der Waals surface area contributed by atoms with Crippen molar-refractivity contribution in [2.24, 2.45) is 0 Å².